The van der Waals surface area contributed by atoms with Crippen LogP contribution in [0, 0.1) is 0 Å². The van der Waals surface area contributed by atoms with Gasteiger partial charge in [-0.05, 0) is 32.2 Å². The molecule has 3 heteroatoms. The Balaban J connectivity index is 3.05. The van der Waals surface area contributed by atoms with E-state index in [1.54, 1.807) is 0 Å². The van der Waals surface area contributed by atoms with Gasteiger partial charge in [-0.3, -0.25) is 0 Å². The highest BCUT2D eigenvalue weighted by Crippen LogP contribution is 2.02. The summed E-state index contributed by atoms with van der Waals surface area (Å²) >= 11 is 5.48. The fourth-order valence-electron chi connectivity index (χ4n) is 1.13. The predicted octanol–water partition coefficient (Wildman–Crippen LogP) is 3.24. The van der Waals surface area contributed by atoms with Gasteiger partial charge < -0.3 is 4.90 Å². The molecule has 0 aliphatic rings. The van der Waals surface area contributed by atoms with Gasteiger partial charge in [0, 0.05) is 17.6 Å². The maximum atomic E-state index is 3.45. The minimum Gasteiger partial charge on any atom is -0.306 e. The lowest BCUT2D eigenvalue weighted by atomic mass is 10.2. The van der Waals surface area contributed by atoms with Crippen molar-refractivity contribution in [1.29, 1.82) is 0 Å². The van der Waals surface area contributed by atoms with Crippen LogP contribution in [0.5, 0.6) is 0 Å². The third kappa shape index (κ3) is 10.7. The quantitative estimate of drug-likeness (QED) is 0.466. The molecule has 0 atom stereocenters. The molecular formula is C10H22BrNS. The Bertz CT molecular complexity index is 101. The van der Waals surface area contributed by atoms with Crippen LogP contribution in [0.1, 0.15) is 26.2 Å². The lowest BCUT2D eigenvalue weighted by Gasteiger charge is -2.15. The molecule has 0 spiro atoms. The lowest BCUT2D eigenvalue weighted by molar-refractivity contribution is 0.345. The van der Waals surface area contributed by atoms with E-state index < -0.39 is 0 Å². The number of hydrogen-bond donors (Lipinski definition) is 0. The second-order valence-corrected chi connectivity index (χ2v) is 5.44. The Morgan fingerprint density at radius 3 is 2.54 bits per heavy atom. The van der Waals surface area contributed by atoms with Crippen molar-refractivity contribution in [2.75, 3.05) is 37.0 Å². The average molecular weight is 268 g/mol. The van der Waals surface area contributed by atoms with Gasteiger partial charge in [0.25, 0.3) is 0 Å². The Labute approximate surface area is 95.8 Å². The number of thioether (sulfide) groups is 1. The van der Waals surface area contributed by atoms with Crippen LogP contribution in [0.25, 0.3) is 0 Å². The second kappa shape index (κ2) is 10.9. The van der Waals surface area contributed by atoms with E-state index in [9.17, 15) is 0 Å². The van der Waals surface area contributed by atoms with Gasteiger partial charge in [-0.1, -0.05) is 29.3 Å². The lowest BCUT2D eigenvalue weighted by Crippen LogP contribution is -2.22. The van der Waals surface area contributed by atoms with Crippen LogP contribution < -0.4 is 0 Å². The number of unbranched alkanes of at least 4 members (excludes halogenated alkanes) is 2. The molecule has 0 saturated heterocycles. The molecule has 0 aromatic rings. The first-order valence-electron chi connectivity index (χ1n) is 5.13. The molecule has 0 rings (SSSR count). The van der Waals surface area contributed by atoms with Crippen molar-refractivity contribution in [2.45, 2.75) is 26.2 Å². The van der Waals surface area contributed by atoms with Gasteiger partial charge in [0.15, 0.2) is 0 Å². The van der Waals surface area contributed by atoms with E-state index in [0.29, 0.717) is 0 Å². The summed E-state index contributed by atoms with van der Waals surface area (Å²) < 4.78 is 0. The summed E-state index contributed by atoms with van der Waals surface area (Å²) in [5.41, 5.74) is 0. The van der Waals surface area contributed by atoms with Crippen molar-refractivity contribution in [3.05, 3.63) is 0 Å². The normalized spacial score (nSPS) is 11.1. The van der Waals surface area contributed by atoms with Crippen molar-refractivity contribution >= 4 is 27.7 Å². The van der Waals surface area contributed by atoms with Crippen molar-refractivity contribution < 1.29 is 0 Å². The van der Waals surface area contributed by atoms with Crippen LogP contribution in [0.2, 0.25) is 0 Å². The monoisotopic (exact) mass is 267 g/mol. The molecule has 0 unspecified atom stereocenters. The number of halogens is 1. The fraction of sp³-hybridized carbons (Fsp3) is 1.00. The van der Waals surface area contributed by atoms with Crippen molar-refractivity contribution in [2.24, 2.45) is 0 Å². The average Bonchev–Trinajstić information content (AvgIpc) is 2.13. The molecule has 0 saturated carbocycles. The van der Waals surface area contributed by atoms with Gasteiger partial charge in [-0.25, -0.2) is 0 Å². The highest BCUT2D eigenvalue weighted by Gasteiger charge is 1.96. The molecule has 80 valence electrons. The molecule has 0 N–H and O–H groups in total. The number of hydrogen-bond acceptors (Lipinski definition) is 2. The Morgan fingerprint density at radius 2 is 1.92 bits per heavy atom. The molecule has 0 aromatic heterocycles. The number of alkyl halides is 1. The standard InChI is InChI=1S/C10H22BrNS/c1-3-13-10-9-12(2)8-6-4-5-7-11/h3-10H2,1-2H3. The van der Waals surface area contributed by atoms with Crippen molar-refractivity contribution in [3.63, 3.8) is 0 Å². The molecule has 0 radical (unpaired) electrons. The first-order chi connectivity index (χ1) is 6.31. The van der Waals surface area contributed by atoms with Gasteiger partial charge in [0.2, 0.25) is 0 Å². The van der Waals surface area contributed by atoms with Gasteiger partial charge in [-0.2, -0.15) is 11.8 Å². The van der Waals surface area contributed by atoms with Crippen LogP contribution in [-0.2, 0) is 0 Å². The molecular weight excluding hydrogens is 246 g/mol. The van der Waals surface area contributed by atoms with Crippen LogP contribution >= 0.6 is 27.7 Å². The zero-order valence-corrected chi connectivity index (χ0v) is 11.3. The smallest absolute Gasteiger partial charge is 0.00693 e. The topological polar surface area (TPSA) is 3.24 Å². The van der Waals surface area contributed by atoms with Crippen molar-refractivity contribution in [3.8, 4) is 0 Å². The molecule has 0 aromatic carbocycles. The Morgan fingerprint density at radius 1 is 1.15 bits per heavy atom. The fourth-order valence-corrected chi connectivity index (χ4v) is 2.26. The molecule has 0 bridgehead atoms. The van der Waals surface area contributed by atoms with Gasteiger partial charge >= 0.3 is 0 Å². The zero-order chi connectivity index (χ0) is 9.94. The minimum atomic E-state index is 1.16. The highest BCUT2D eigenvalue weighted by molar-refractivity contribution is 9.09. The third-order valence-corrected chi connectivity index (χ3v) is 3.44. The summed E-state index contributed by atoms with van der Waals surface area (Å²) in [5.74, 6) is 2.53. The SMILES string of the molecule is CCSCCN(C)CCCCCBr. The summed E-state index contributed by atoms with van der Waals surface area (Å²) in [6.45, 7) is 4.73. The first kappa shape index (κ1) is 13.8. The summed E-state index contributed by atoms with van der Waals surface area (Å²) in [5, 5.41) is 1.16. The van der Waals surface area contributed by atoms with Crippen LogP contribution in [0.4, 0.5) is 0 Å². The molecule has 0 heterocycles. The van der Waals surface area contributed by atoms with E-state index in [0.717, 1.165) is 5.33 Å². The van der Waals surface area contributed by atoms with Crippen LogP contribution in [0.15, 0.2) is 0 Å². The number of rotatable bonds is 9. The third-order valence-electron chi connectivity index (χ3n) is 1.99. The summed E-state index contributed by atoms with van der Waals surface area (Å²) in [4.78, 5) is 2.44. The van der Waals surface area contributed by atoms with Crippen LogP contribution in [-0.4, -0.2) is 41.9 Å². The van der Waals surface area contributed by atoms with E-state index >= 15 is 0 Å². The highest BCUT2D eigenvalue weighted by atomic mass is 79.9. The summed E-state index contributed by atoms with van der Waals surface area (Å²) in [6.07, 6.45) is 4.02. The van der Waals surface area contributed by atoms with Gasteiger partial charge in [0.05, 0.1) is 0 Å². The van der Waals surface area contributed by atoms with Crippen LogP contribution in [0.3, 0.4) is 0 Å². The molecule has 0 aliphatic heterocycles. The molecule has 0 aliphatic carbocycles. The maximum absolute atomic E-state index is 3.45. The van der Waals surface area contributed by atoms with Crippen molar-refractivity contribution in [1.82, 2.24) is 4.90 Å². The summed E-state index contributed by atoms with van der Waals surface area (Å²) in [6, 6.07) is 0. The maximum Gasteiger partial charge on any atom is 0.00693 e. The first-order valence-corrected chi connectivity index (χ1v) is 7.41. The summed E-state index contributed by atoms with van der Waals surface area (Å²) in [7, 11) is 2.23. The van der Waals surface area contributed by atoms with Gasteiger partial charge in [-0.15, -0.1) is 0 Å². The Kier molecular flexibility index (Phi) is 11.5. The zero-order valence-electron chi connectivity index (χ0n) is 8.89. The molecule has 0 amide bonds. The predicted molar refractivity (Wildman–Crippen MR) is 68.1 cm³/mol. The van der Waals surface area contributed by atoms with E-state index in [-0.39, 0.29) is 0 Å². The van der Waals surface area contributed by atoms with E-state index in [1.165, 1.54) is 43.9 Å². The molecule has 0 fully saturated rings. The minimum absolute atomic E-state index is 1.16. The largest absolute Gasteiger partial charge is 0.306 e. The molecule has 13 heavy (non-hydrogen) atoms. The van der Waals surface area contributed by atoms with E-state index in [2.05, 4.69) is 34.8 Å². The number of nitrogens with zero attached hydrogens (tertiary/aromatic N) is 1. The van der Waals surface area contributed by atoms with E-state index in [1.807, 2.05) is 11.8 Å². The van der Waals surface area contributed by atoms with E-state index in [4.69, 9.17) is 0 Å². The molecule has 1 nitrogen and oxygen atoms in total. The Hall–Kier alpha value is 0.790. The second-order valence-electron chi connectivity index (χ2n) is 3.25. The van der Waals surface area contributed by atoms with Gasteiger partial charge in [0.1, 0.15) is 0 Å².